The number of alkyl halides is 5. The fraction of sp³-hybridized carbons (Fsp3) is 0.562. The van der Waals surface area contributed by atoms with Crippen LogP contribution in [0.4, 0.5) is 38.5 Å². The monoisotopic (exact) mass is 691 g/mol. The van der Waals surface area contributed by atoms with E-state index >= 15 is 0 Å². The molecule has 2 aromatic heterocycles. The van der Waals surface area contributed by atoms with E-state index in [9.17, 15) is 36.8 Å². The van der Waals surface area contributed by atoms with Gasteiger partial charge in [-0.3, -0.25) is 9.69 Å². The highest BCUT2D eigenvalue weighted by molar-refractivity contribution is 5.90. The summed E-state index contributed by atoms with van der Waals surface area (Å²) in [6, 6.07) is 4.25. The summed E-state index contributed by atoms with van der Waals surface area (Å²) in [5.41, 5.74) is -5.89. The molecule has 2 saturated heterocycles. The van der Waals surface area contributed by atoms with Gasteiger partial charge in [0.15, 0.2) is 0 Å². The molecule has 0 spiro atoms. The number of nitrogens with zero attached hydrogens (tertiary/aromatic N) is 9. The third kappa shape index (κ3) is 7.24. The Bertz CT molecular complexity index is 1790. The van der Waals surface area contributed by atoms with Crippen LogP contribution in [0.3, 0.4) is 0 Å². The van der Waals surface area contributed by atoms with Crippen molar-refractivity contribution < 1.29 is 31.5 Å². The predicted octanol–water partition coefficient (Wildman–Crippen LogP) is 5.00. The summed E-state index contributed by atoms with van der Waals surface area (Å²) in [7, 11) is 0. The topological polar surface area (TPSA) is 124 Å². The normalized spacial score (nSPS) is 17.5. The van der Waals surface area contributed by atoms with E-state index in [0.29, 0.717) is 23.8 Å². The second-order valence-corrected chi connectivity index (χ2v) is 12.9. The summed E-state index contributed by atoms with van der Waals surface area (Å²) < 4.78 is 76.0. The third-order valence-corrected chi connectivity index (χ3v) is 8.64. The lowest BCUT2D eigenvalue weighted by molar-refractivity contribution is -0.139. The lowest BCUT2D eigenvalue weighted by Gasteiger charge is -2.45. The fourth-order valence-corrected chi connectivity index (χ4v) is 6.25. The standard InChI is InChI=1S/C32H38F5N9O3/c1-6-42(7-2)20-17-44(18-20)29-40-25-22(15-39-46(28(25)47)23-10-8-9-21(26(33)34)24(23)32(35,36)37)27(41-29)43-13-14-45(19(16-43)11-12-38)30(48)49-31(3,4)5/h8-10,15,19-20,26H,6-7,11,13-14,16-18H2,1-5H3. The van der Waals surface area contributed by atoms with Crippen LogP contribution < -0.4 is 15.4 Å². The van der Waals surface area contributed by atoms with Crippen LogP contribution in [0.5, 0.6) is 0 Å². The second-order valence-electron chi connectivity index (χ2n) is 12.9. The largest absolute Gasteiger partial charge is 0.444 e. The Labute approximate surface area is 279 Å². The highest BCUT2D eigenvalue weighted by atomic mass is 19.4. The van der Waals surface area contributed by atoms with Crippen LogP contribution in [0.15, 0.2) is 29.2 Å². The molecule has 1 amide bonds. The molecule has 2 aliphatic heterocycles. The van der Waals surface area contributed by atoms with E-state index in [1.54, 1.807) is 25.7 Å². The first-order valence-electron chi connectivity index (χ1n) is 16.0. The predicted molar refractivity (Wildman–Crippen MR) is 171 cm³/mol. The second kappa shape index (κ2) is 13.7. The van der Waals surface area contributed by atoms with E-state index in [1.165, 1.54) is 4.90 Å². The lowest BCUT2D eigenvalue weighted by Crippen LogP contribution is -2.60. The maximum atomic E-state index is 14.2. The fourth-order valence-electron chi connectivity index (χ4n) is 6.25. The molecule has 264 valence electrons. The zero-order valence-electron chi connectivity index (χ0n) is 27.8. The Morgan fingerprint density at radius 2 is 1.78 bits per heavy atom. The minimum absolute atomic E-state index is 0.0327. The number of anilines is 2. The van der Waals surface area contributed by atoms with Gasteiger partial charge in [0.25, 0.3) is 12.0 Å². The van der Waals surface area contributed by atoms with Crippen molar-refractivity contribution in [2.24, 2.45) is 0 Å². The summed E-state index contributed by atoms with van der Waals surface area (Å²) in [5.74, 6) is 0.400. The quantitative estimate of drug-likeness (QED) is 0.298. The van der Waals surface area contributed by atoms with Crippen LogP contribution in [0.2, 0.25) is 0 Å². The van der Waals surface area contributed by atoms with Crippen LogP contribution in [-0.2, 0) is 10.9 Å². The summed E-state index contributed by atoms with van der Waals surface area (Å²) in [4.78, 5) is 43.7. The van der Waals surface area contributed by atoms with Gasteiger partial charge in [-0.1, -0.05) is 26.0 Å². The van der Waals surface area contributed by atoms with Gasteiger partial charge in [-0.05, 0) is 39.9 Å². The maximum absolute atomic E-state index is 14.2. The van der Waals surface area contributed by atoms with Crippen LogP contribution in [0, 0.1) is 11.3 Å². The summed E-state index contributed by atoms with van der Waals surface area (Å²) in [6.45, 7) is 12.5. The number of halogens is 5. The van der Waals surface area contributed by atoms with E-state index in [2.05, 4.69) is 21.1 Å². The van der Waals surface area contributed by atoms with Gasteiger partial charge in [-0.15, -0.1) is 0 Å². The number of rotatable bonds is 8. The number of nitriles is 1. The first kappa shape index (κ1) is 35.7. The molecule has 1 unspecified atom stereocenters. The molecule has 1 aromatic carbocycles. The van der Waals surface area contributed by atoms with Gasteiger partial charge in [-0.25, -0.2) is 18.6 Å². The van der Waals surface area contributed by atoms with E-state index in [1.807, 2.05) is 18.7 Å². The summed E-state index contributed by atoms with van der Waals surface area (Å²) >= 11 is 0. The average molecular weight is 692 g/mol. The number of fused-ring (bicyclic) bond motifs is 1. The Hall–Kier alpha value is -4.59. The first-order chi connectivity index (χ1) is 23.1. The Kier molecular flexibility index (Phi) is 10.0. The minimum Gasteiger partial charge on any atom is -0.444 e. The van der Waals surface area contributed by atoms with Crippen molar-refractivity contribution >= 4 is 28.8 Å². The average Bonchev–Trinajstić information content (AvgIpc) is 3.01. The van der Waals surface area contributed by atoms with E-state index in [0.717, 1.165) is 31.4 Å². The molecule has 0 aliphatic carbocycles. The van der Waals surface area contributed by atoms with Crippen molar-refractivity contribution in [2.45, 2.75) is 71.3 Å². The van der Waals surface area contributed by atoms with Gasteiger partial charge in [0, 0.05) is 44.3 Å². The number of carbonyl (C=O) groups is 1. The number of ether oxygens (including phenoxy) is 1. The van der Waals surface area contributed by atoms with Crippen molar-refractivity contribution in [1.29, 1.82) is 5.26 Å². The van der Waals surface area contributed by atoms with Crippen molar-refractivity contribution in [1.82, 2.24) is 29.5 Å². The SMILES string of the molecule is CCN(CC)C1CN(c2nc(N3CCN(C(=O)OC(C)(C)C)C(CC#N)C3)c3cnn(-c4cccc(C(F)F)c4C(F)(F)F)c(=O)c3n2)C1. The molecule has 0 saturated carbocycles. The summed E-state index contributed by atoms with van der Waals surface area (Å²) in [5, 5.41) is 13.7. The first-order valence-corrected chi connectivity index (χ1v) is 16.0. The molecule has 0 bridgehead atoms. The molecule has 4 heterocycles. The summed E-state index contributed by atoms with van der Waals surface area (Å²) in [6.07, 6.45) is -8.16. The van der Waals surface area contributed by atoms with Crippen LogP contribution in [0.25, 0.3) is 16.6 Å². The molecule has 49 heavy (non-hydrogen) atoms. The molecular formula is C32H38F5N9O3. The van der Waals surface area contributed by atoms with Gasteiger partial charge in [-0.2, -0.15) is 33.2 Å². The number of hydrogen-bond donors (Lipinski definition) is 0. The third-order valence-electron chi connectivity index (χ3n) is 8.64. The molecule has 5 rings (SSSR count). The smallest absolute Gasteiger partial charge is 0.418 e. The Morgan fingerprint density at radius 1 is 1.08 bits per heavy atom. The maximum Gasteiger partial charge on any atom is 0.418 e. The number of likely N-dealkylation sites (N-methyl/N-ethyl adjacent to an activating group) is 1. The van der Waals surface area contributed by atoms with Gasteiger partial charge >= 0.3 is 12.3 Å². The molecule has 2 aliphatic rings. The highest BCUT2D eigenvalue weighted by Crippen LogP contribution is 2.40. The van der Waals surface area contributed by atoms with Gasteiger partial charge in [0.1, 0.15) is 16.9 Å². The molecule has 17 heteroatoms. The lowest BCUT2D eigenvalue weighted by atomic mass is 10.0. The zero-order chi connectivity index (χ0) is 35.8. The highest BCUT2D eigenvalue weighted by Gasteiger charge is 2.40. The molecule has 3 aromatic rings. The molecule has 1 atom stereocenters. The number of aromatic nitrogens is 4. The van der Waals surface area contributed by atoms with Crippen molar-refractivity contribution in [2.75, 3.05) is 55.6 Å². The Balaban J connectivity index is 1.63. The van der Waals surface area contributed by atoms with Crippen LogP contribution in [0.1, 0.15) is 58.6 Å². The van der Waals surface area contributed by atoms with E-state index in [-0.39, 0.29) is 54.8 Å². The number of amides is 1. The zero-order valence-corrected chi connectivity index (χ0v) is 27.8. The van der Waals surface area contributed by atoms with Crippen molar-refractivity contribution in [3.8, 4) is 11.8 Å². The molecular weight excluding hydrogens is 653 g/mol. The van der Waals surface area contributed by atoms with Gasteiger partial charge < -0.3 is 19.4 Å². The molecule has 0 radical (unpaired) electrons. The van der Waals surface area contributed by atoms with E-state index < -0.39 is 52.7 Å². The number of carbonyl (C=O) groups excluding carboxylic acids is 1. The van der Waals surface area contributed by atoms with Gasteiger partial charge in [0.2, 0.25) is 5.95 Å². The molecule has 12 nitrogen and oxygen atoms in total. The molecule has 2 fully saturated rings. The Morgan fingerprint density at radius 3 is 2.37 bits per heavy atom. The minimum atomic E-state index is -5.22. The molecule has 0 N–H and O–H groups in total. The number of benzene rings is 1. The van der Waals surface area contributed by atoms with Gasteiger partial charge in [0.05, 0.1) is 41.4 Å². The van der Waals surface area contributed by atoms with Crippen LogP contribution in [-0.4, -0.2) is 99.1 Å². The number of piperazine rings is 1. The van der Waals surface area contributed by atoms with E-state index in [4.69, 9.17) is 9.72 Å². The van der Waals surface area contributed by atoms with Crippen molar-refractivity contribution in [3.63, 3.8) is 0 Å². The van der Waals surface area contributed by atoms with Crippen molar-refractivity contribution in [3.05, 3.63) is 45.9 Å². The van der Waals surface area contributed by atoms with Crippen LogP contribution >= 0.6 is 0 Å². The number of hydrogen-bond acceptors (Lipinski definition) is 10.